The Morgan fingerprint density at radius 3 is 2.61 bits per heavy atom. The molecular weight excluding hydrogens is 546 g/mol. The van der Waals surface area contributed by atoms with Gasteiger partial charge < -0.3 is 17.1 Å². The summed E-state index contributed by atoms with van der Waals surface area (Å²) in [4.78, 5) is 11.7. The van der Waals surface area contributed by atoms with Crippen molar-refractivity contribution in [1.29, 1.82) is 0 Å². The number of halogens is 2. The Balaban J connectivity index is 2.32. The molecule has 1 aliphatic rings. The fourth-order valence-electron chi connectivity index (χ4n) is 2.83. The molecule has 1 N–H and O–H groups in total. The van der Waals surface area contributed by atoms with Crippen molar-refractivity contribution >= 4 is 59.4 Å². The van der Waals surface area contributed by atoms with Gasteiger partial charge in [0.2, 0.25) is 0 Å². The SMILES string of the molecule is Cc1c(OSI)cc(OI)c(C(=O)O)c1OCC1CCCCC1. The number of aromatic carboxylic acids is 1. The molecule has 0 radical (unpaired) electrons. The van der Waals surface area contributed by atoms with Gasteiger partial charge in [-0.3, -0.25) is 0 Å². The molecule has 0 bridgehead atoms. The number of hydrogen-bond donors (Lipinski definition) is 1. The Morgan fingerprint density at radius 1 is 1.35 bits per heavy atom. The van der Waals surface area contributed by atoms with Crippen LogP contribution in [0.5, 0.6) is 17.2 Å². The summed E-state index contributed by atoms with van der Waals surface area (Å²) < 4.78 is 16.6. The van der Waals surface area contributed by atoms with Crippen molar-refractivity contribution in [3.63, 3.8) is 0 Å². The molecule has 8 heteroatoms. The van der Waals surface area contributed by atoms with Crippen LogP contribution in [0.2, 0.25) is 0 Å². The highest BCUT2D eigenvalue weighted by Crippen LogP contribution is 2.41. The summed E-state index contributed by atoms with van der Waals surface area (Å²) >= 11 is 3.69. The van der Waals surface area contributed by atoms with Gasteiger partial charge >= 0.3 is 5.97 Å². The number of benzene rings is 1. The van der Waals surface area contributed by atoms with Gasteiger partial charge in [0.1, 0.15) is 26.3 Å². The molecule has 1 aliphatic carbocycles. The average Bonchev–Trinajstić information content (AvgIpc) is 2.55. The largest absolute Gasteiger partial charge is 0.492 e. The lowest BCUT2D eigenvalue weighted by Gasteiger charge is -2.23. The van der Waals surface area contributed by atoms with Gasteiger partial charge in [-0.2, -0.15) is 0 Å². The minimum Gasteiger partial charge on any atom is -0.492 e. The van der Waals surface area contributed by atoms with Crippen LogP contribution in [-0.4, -0.2) is 17.7 Å². The number of carboxylic acid groups (broad SMARTS) is 1. The third-order valence-electron chi connectivity index (χ3n) is 4.05. The Morgan fingerprint density at radius 2 is 2.04 bits per heavy atom. The van der Waals surface area contributed by atoms with Gasteiger partial charge in [-0.05, 0) is 25.7 Å². The maximum absolute atomic E-state index is 11.7. The summed E-state index contributed by atoms with van der Waals surface area (Å²) in [5.41, 5.74) is 0.734. The third kappa shape index (κ3) is 4.94. The van der Waals surface area contributed by atoms with Crippen molar-refractivity contribution in [2.45, 2.75) is 39.0 Å². The fourth-order valence-corrected chi connectivity index (χ4v) is 4.00. The molecule has 2 rings (SSSR count). The molecule has 0 heterocycles. The summed E-state index contributed by atoms with van der Waals surface area (Å²) in [6, 6.07) is 1.59. The minimum absolute atomic E-state index is 0.0542. The zero-order chi connectivity index (χ0) is 16.8. The molecule has 1 aromatic carbocycles. The molecule has 128 valence electrons. The van der Waals surface area contributed by atoms with E-state index in [-0.39, 0.29) is 11.3 Å². The number of ether oxygens (including phenoxy) is 1. The van der Waals surface area contributed by atoms with E-state index in [4.69, 9.17) is 12.0 Å². The first-order chi connectivity index (χ1) is 11.1. The zero-order valence-corrected chi connectivity index (χ0v) is 17.8. The second-order valence-corrected chi connectivity index (χ2v) is 7.36. The molecule has 0 atom stereocenters. The van der Waals surface area contributed by atoms with E-state index in [0.29, 0.717) is 29.6 Å². The van der Waals surface area contributed by atoms with Crippen LogP contribution in [0.1, 0.15) is 48.0 Å². The molecule has 0 aromatic heterocycles. The number of carbonyl (C=O) groups is 1. The lowest BCUT2D eigenvalue weighted by Crippen LogP contribution is -2.17. The van der Waals surface area contributed by atoms with Crippen LogP contribution < -0.4 is 12.0 Å². The first-order valence-corrected chi connectivity index (χ1v) is 11.5. The van der Waals surface area contributed by atoms with Gasteiger partial charge in [0.25, 0.3) is 0 Å². The van der Waals surface area contributed by atoms with E-state index in [1.54, 1.807) is 29.1 Å². The predicted octanol–water partition coefficient (Wildman–Crippen LogP) is 5.76. The quantitative estimate of drug-likeness (QED) is 0.336. The zero-order valence-electron chi connectivity index (χ0n) is 12.6. The van der Waals surface area contributed by atoms with E-state index in [9.17, 15) is 9.90 Å². The Kier molecular flexibility index (Phi) is 7.86. The van der Waals surface area contributed by atoms with Gasteiger partial charge in [-0.15, -0.1) is 0 Å². The molecule has 0 saturated heterocycles. The summed E-state index contributed by atoms with van der Waals surface area (Å²) in [6.07, 6.45) is 5.98. The second-order valence-electron chi connectivity index (χ2n) is 5.55. The van der Waals surface area contributed by atoms with Crippen LogP contribution >= 0.6 is 53.4 Å². The summed E-state index contributed by atoms with van der Waals surface area (Å²) in [7, 11) is 1.17. The average molecular weight is 564 g/mol. The molecule has 1 fully saturated rings. The van der Waals surface area contributed by atoms with E-state index >= 15 is 0 Å². The molecule has 23 heavy (non-hydrogen) atoms. The van der Waals surface area contributed by atoms with Gasteiger partial charge in [-0.25, -0.2) is 4.79 Å². The molecule has 5 nitrogen and oxygen atoms in total. The van der Waals surface area contributed by atoms with Crippen molar-refractivity contribution in [3.8, 4) is 17.2 Å². The highest BCUT2D eigenvalue weighted by atomic mass is 127. The first kappa shape index (κ1) is 19.2. The van der Waals surface area contributed by atoms with E-state index in [2.05, 4.69) is 0 Å². The molecule has 1 aromatic rings. The molecule has 0 unspecified atom stereocenters. The van der Waals surface area contributed by atoms with Gasteiger partial charge in [0, 0.05) is 32.8 Å². The number of rotatable bonds is 7. The second kappa shape index (κ2) is 9.40. The predicted molar refractivity (Wildman–Crippen MR) is 107 cm³/mol. The van der Waals surface area contributed by atoms with E-state index < -0.39 is 5.97 Å². The highest BCUT2D eigenvalue weighted by molar-refractivity contribution is 14.2. The Bertz CT molecular complexity index is 561. The first-order valence-electron chi connectivity index (χ1n) is 7.36. The van der Waals surface area contributed by atoms with Gasteiger partial charge in [0.05, 0.1) is 6.61 Å². The molecular formula is C15H18I2O5S. The summed E-state index contributed by atoms with van der Waals surface area (Å²) in [6.45, 7) is 2.34. The van der Waals surface area contributed by atoms with Crippen molar-refractivity contribution in [3.05, 3.63) is 17.2 Å². The van der Waals surface area contributed by atoms with Crippen LogP contribution in [-0.2, 0) is 0 Å². The topological polar surface area (TPSA) is 65.0 Å². The normalized spacial score (nSPS) is 15.3. The third-order valence-corrected chi connectivity index (χ3v) is 5.31. The van der Waals surface area contributed by atoms with E-state index in [1.807, 2.05) is 28.1 Å². The van der Waals surface area contributed by atoms with Gasteiger partial charge in [0.15, 0.2) is 28.8 Å². The molecule has 0 aliphatic heterocycles. The van der Waals surface area contributed by atoms with Crippen molar-refractivity contribution in [2.24, 2.45) is 5.92 Å². The number of hydrogen-bond acceptors (Lipinski definition) is 5. The standard InChI is InChI=1S/C15H18I2O5S/c1-9-11(22-23-17)7-12(21-16)13(15(18)19)14(9)20-8-10-5-3-2-4-6-10/h7,10H,2-6,8H2,1H3,(H,18,19). The molecule has 0 amide bonds. The number of carboxylic acids is 1. The maximum Gasteiger partial charge on any atom is 0.343 e. The Labute approximate surface area is 166 Å². The molecule has 1 saturated carbocycles. The van der Waals surface area contributed by atoms with Crippen molar-refractivity contribution in [2.75, 3.05) is 6.61 Å². The highest BCUT2D eigenvalue weighted by Gasteiger charge is 2.25. The maximum atomic E-state index is 11.7. The Hall–Kier alpha value is -0.100. The van der Waals surface area contributed by atoms with Crippen molar-refractivity contribution in [1.82, 2.24) is 0 Å². The van der Waals surface area contributed by atoms with Crippen LogP contribution in [0.25, 0.3) is 0 Å². The molecule has 0 spiro atoms. The van der Waals surface area contributed by atoms with E-state index in [0.717, 1.165) is 12.8 Å². The minimum atomic E-state index is -1.06. The summed E-state index contributed by atoms with van der Waals surface area (Å²) in [5, 5.41) is 9.55. The summed E-state index contributed by atoms with van der Waals surface area (Å²) in [5.74, 6) is 0.560. The van der Waals surface area contributed by atoms with Crippen LogP contribution in [0.3, 0.4) is 0 Å². The fraction of sp³-hybridized carbons (Fsp3) is 0.533. The smallest absolute Gasteiger partial charge is 0.343 e. The van der Waals surface area contributed by atoms with E-state index in [1.165, 1.54) is 28.5 Å². The van der Waals surface area contributed by atoms with Gasteiger partial charge in [-0.1, -0.05) is 19.3 Å². The lowest BCUT2D eigenvalue weighted by atomic mass is 9.90. The lowest BCUT2D eigenvalue weighted by molar-refractivity contribution is 0.0688. The van der Waals surface area contributed by atoms with Crippen LogP contribution in [0.4, 0.5) is 0 Å². The van der Waals surface area contributed by atoms with Crippen molar-refractivity contribution < 1.29 is 21.9 Å². The van der Waals surface area contributed by atoms with Crippen LogP contribution in [0, 0.1) is 12.8 Å². The van der Waals surface area contributed by atoms with Crippen LogP contribution in [0.15, 0.2) is 6.07 Å². The monoisotopic (exact) mass is 564 g/mol.